The third-order valence-electron chi connectivity index (χ3n) is 6.99. The maximum Gasteiger partial charge on any atom is 0.242 e. The quantitative estimate of drug-likeness (QED) is 0.838. The Morgan fingerprint density at radius 3 is 2.57 bits per heavy atom. The molecule has 0 spiro atoms. The van der Waals surface area contributed by atoms with Crippen LogP contribution in [0, 0.1) is 11.8 Å². The first kappa shape index (κ1) is 19.4. The zero-order valence-corrected chi connectivity index (χ0v) is 16.7. The highest BCUT2D eigenvalue weighted by atomic mass is 16.2. The molecule has 1 saturated carbocycles. The highest BCUT2D eigenvalue weighted by molar-refractivity contribution is 5.89. The Morgan fingerprint density at radius 1 is 1.04 bits per heavy atom. The van der Waals surface area contributed by atoms with Crippen molar-refractivity contribution < 1.29 is 9.59 Å². The second-order valence-corrected chi connectivity index (χ2v) is 8.92. The van der Waals surface area contributed by atoms with Crippen LogP contribution >= 0.6 is 0 Å². The number of hydrogen-bond donors (Lipinski definition) is 2. The molecule has 0 aromatic heterocycles. The largest absolute Gasteiger partial charge is 0.354 e. The number of nitrogens with zero attached hydrogens (tertiary/aromatic N) is 1. The second kappa shape index (κ2) is 8.64. The molecule has 1 heterocycles. The van der Waals surface area contributed by atoms with Crippen molar-refractivity contribution in [3.63, 3.8) is 0 Å². The smallest absolute Gasteiger partial charge is 0.242 e. The topological polar surface area (TPSA) is 75.4 Å². The van der Waals surface area contributed by atoms with E-state index in [-0.39, 0.29) is 23.8 Å². The number of nitrogens with one attached hydrogen (secondary N) is 1. The van der Waals surface area contributed by atoms with Gasteiger partial charge in [0.15, 0.2) is 0 Å². The Balaban J connectivity index is 1.33. The third kappa shape index (κ3) is 4.24. The fraction of sp³-hybridized carbons (Fsp3) is 0.652. The number of carbonyl (C=O) groups excluding carboxylic acids is 2. The number of aryl methyl sites for hydroxylation is 1. The van der Waals surface area contributed by atoms with Gasteiger partial charge in [0.2, 0.25) is 11.8 Å². The van der Waals surface area contributed by atoms with Crippen molar-refractivity contribution in [1.82, 2.24) is 10.2 Å². The molecule has 3 aliphatic rings. The van der Waals surface area contributed by atoms with Gasteiger partial charge < -0.3 is 16.0 Å². The van der Waals surface area contributed by atoms with E-state index in [4.69, 9.17) is 5.73 Å². The average molecular weight is 384 g/mol. The lowest BCUT2D eigenvalue weighted by Gasteiger charge is -2.31. The Bertz CT molecular complexity index is 712. The van der Waals surface area contributed by atoms with E-state index < -0.39 is 0 Å². The average Bonchev–Trinajstić information content (AvgIpc) is 3.22. The molecule has 1 aromatic rings. The predicted molar refractivity (Wildman–Crippen MR) is 110 cm³/mol. The van der Waals surface area contributed by atoms with E-state index in [1.165, 1.54) is 11.1 Å². The molecule has 4 rings (SSSR count). The van der Waals surface area contributed by atoms with Crippen LogP contribution < -0.4 is 11.1 Å². The molecule has 1 saturated heterocycles. The number of benzene rings is 1. The fourth-order valence-corrected chi connectivity index (χ4v) is 5.20. The van der Waals surface area contributed by atoms with Crippen LogP contribution in [0.2, 0.25) is 0 Å². The molecule has 0 radical (unpaired) electrons. The predicted octanol–water partition coefficient (Wildman–Crippen LogP) is 2.42. The molecule has 2 amide bonds. The summed E-state index contributed by atoms with van der Waals surface area (Å²) in [7, 11) is 0. The van der Waals surface area contributed by atoms with Crippen LogP contribution in [0.4, 0.5) is 0 Å². The Morgan fingerprint density at radius 2 is 1.79 bits per heavy atom. The van der Waals surface area contributed by atoms with E-state index in [0.29, 0.717) is 18.5 Å². The highest BCUT2D eigenvalue weighted by Gasteiger charge is 2.38. The Labute approximate surface area is 168 Å². The van der Waals surface area contributed by atoms with E-state index in [0.717, 1.165) is 64.3 Å². The maximum atomic E-state index is 13.2. The first-order chi connectivity index (χ1) is 13.6. The van der Waals surface area contributed by atoms with Gasteiger partial charge in [0.05, 0.1) is 0 Å². The summed E-state index contributed by atoms with van der Waals surface area (Å²) in [4.78, 5) is 27.9. The lowest BCUT2D eigenvalue weighted by molar-refractivity contribution is -0.142. The van der Waals surface area contributed by atoms with E-state index in [9.17, 15) is 9.59 Å². The molecule has 0 bridgehead atoms. The maximum absolute atomic E-state index is 13.2. The number of amides is 2. The molecule has 1 aromatic carbocycles. The summed E-state index contributed by atoms with van der Waals surface area (Å²) in [5, 5.41) is 3.14. The molecule has 2 atom stereocenters. The standard InChI is InChI=1S/C23H33N3O2/c24-20-11-7-16(8-12-20)15-25-22(27)21-6-3-13-26(21)23(28)19-10-9-17-4-1-2-5-18(17)14-19/h1-2,4-5,16,19-21H,3,6-15,24H2,(H,25,27)/t16?,19?,20?,21-/m0/s1. The summed E-state index contributed by atoms with van der Waals surface area (Å²) in [6, 6.07) is 8.47. The van der Waals surface area contributed by atoms with Gasteiger partial charge in [-0.2, -0.15) is 0 Å². The van der Waals surface area contributed by atoms with Gasteiger partial charge in [-0.15, -0.1) is 0 Å². The van der Waals surface area contributed by atoms with Crippen LogP contribution in [0.1, 0.15) is 56.1 Å². The SMILES string of the molecule is NC1CCC(CNC(=O)[C@@H]2CCCN2C(=O)C2CCc3ccccc3C2)CC1. The van der Waals surface area contributed by atoms with Gasteiger partial charge in [0.25, 0.3) is 0 Å². The van der Waals surface area contributed by atoms with Gasteiger partial charge >= 0.3 is 0 Å². The van der Waals surface area contributed by atoms with E-state index in [1.807, 2.05) is 4.90 Å². The summed E-state index contributed by atoms with van der Waals surface area (Å²) < 4.78 is 0. The van der Waals surface area contributed by atoms with Crippen LogP contribution in [0.5, 0.6) is 0 Å². The van der Waals surface area contributed by atoms with Crippen LogP contribution in [-0.2, 0) is 22.4 Å². The van der Waals surface area contributed by atoms with Crippen molar-refractivity contribution in [3.8, 4) is 0 Å². The minimum absolute atomic E-state index is 0.0168. The van der Waals surface area contributed by atoms with Gasteiger partial charge in [0, 0.05) is 25.0 Å². The van der Waals surface area contributed by atoms with Crippen molar-refractivity contribution in [2.24, 2.45) is 17.6 Å². The van der Waals surface area contributed by atoms with Gasteiger partial charge in [0.1, 0.15) is 6.04 Å². The zero-order valence-electron chi connectivity index (χ0n) is 16.7. The second-order valence-electron chi connectivity index (χ2n) is 8.92. The van der Waals surface area contributed by atoms with Gasteiger partial charge in [-0.3, -0.25) is 9.59 Å². The molecular weight excluding hydrogens is 350 g/mol. The first-order valence-corrected chi connectivity index (χ1v) is 11.0. The first-order valence-electron chi connectivity index (χ1n) is 11.0. The number of fused-ring (bicyclic) bond motifs is 1. The van der Waals surface area contributed by atoms with Crippen molar-refractivity contribution in [3.05, 3.63) is 35.4 Å². The van der Waals surface area contributed by atoms with Crippen molar-refractivity contribution >= 4 is 11.8 Å². The molecule has 152 valence electrons. The number of rotatable bonds is 4. The Kier molecular flexibility index (Phi) is 6.00. The van der Waals surface area contributed by atoms with Gasteiger partial charge in [-0.25, -0.2) is 0 Å². The normalized spacial score (nSPS) is 30.0. The van der Waals surface area contributed by atoms with Crippen molar-refractivity contribution in [2.45, 2.75) is 69.9 Å². The van der Waals surface area contributed by atoms with Gasteiger partial charge in [-0.05, 0) is 74.8 Å². The number of carbonyl (C=O) groups is 2. The third-order valence-corrected chi connectivity index (χ3v) is 6.99. The van der Waals surface area contributed by atoms with E-state index >= 15 is 0 Å². The fourth-order valence-electron chi connectivity index (χ4n) is 5.20. The van der Waals surface area contributed by atoms with Crippen LogP contribution in [0.25, 0.3) is 0 Å². The summed E-state index contributed by atoms with van der Waals surface area (Å²) in [6.45, 7) is 1.44. The molecule has 28 heavy (non-hydrogen) atoms. The van der Waals surface area contributed by atoms with Crippen LogP contribution in [0.3, 0.4) is 0 Å². The summed E-state index contributed by atoms with van der Waals surface area (Å²) in [6.07, 6.45) is 8.66. The molecule has 2 aliphatic carbocycles. The monoisotopic (exact) mass is 383 g/mol. The number of hydrogen-bond acceptors (Lipinski definition) is 3. The molecular formula is C23H33N3O2. The van der Waals surface area contributed by atoms with Crippen LogP contribution in [-0.4, -0.2) is 41.9 Å². The lowest BCUT2D eigenvalue weighted by atomic mass is 9.83. The summed E-state index contributed by atoms with van der Waals surface area (Å²) in [5.74, 6) is 0.764. The molecule has 5 nitrogen and oxygen atoms in total. The lowest BCUT2D eigenvalue weighted by Crippen LogP contribution is -2.49. The van der Waals surface area contributed by atoms with Crippen molar-refractivity contribution in [2.75, 3.05) is 13.1 Å². The molecule has 1 unspecified atom stereocenters. The number of likely N-dealkylation sites (tertiary alicyclic amines) is 1. The highest BCUT2D eigenvalue weighted by Crippen LogP contribution is 2.29. The number of nitrogens with two attached hydrogens (primary N) is 1. The van der Waals surface area contributed by atoms with Crippen molar-refractivity contribution in [1.29, 1.82) is 0 Å². The van der Waals surface area contributed by atoms with Crippen LogP contribution in [0.15, 0.2) is 24.3 Å². The van der Waals surface area contributed by atoms with E-state index in [1.54, 1.807) is 0 Å². The van der Waals surface area contributed by atoms with E-state index in [2.05, 4.69) is 29.6 Å². The van der Waals surface area contributed by atoms with Gasteiger partial charge in [-0.1, -0.05) is 24.3 Å². The Hall–Kier alpha value is -1.88. The minimum atomic E-state index is -0.282. The molecule has 2 fully saturated rings. The summed E-state index contributed by atoms with van der Waals surface area (Å²) in [5.41, 5.74) is 8.64. The zero-order chi connectivity index (χ0) is 19.5. The molecule has 5 heteroatoms. The molecule has 1 aliphatic heterocycles. The minimum Gasteiger partial charge on any atom is -0.354 e. The molecule has 3 N–H and O–H groups in total. The summed E-state index contributed by atoms with van der Waals surface area (Å²) >= 11 is 0.